The minimum atomic E-state index is -0.158. The van der Waals surface area contributed by atoms with Gasteiger partial charge in [-0.2, -0.15) is 0 Å². The lowest BCUT2D eigenvalue weighted by molar-refractivity contribution is 0.637. The summed E-state index contributed by atoms with van der Waals surface area (Å²) >= 11 is 0. The lowest BCUT2D eigenvalue weighted by Crippen LogP contribution is -2.35. The van der Waals surface area contributed by atoms with Crippen molar-refractivity contribution in [1.29, 1.82) is 0 Å². The van der Waals surface area contributed by atoms with Gasteiger partial charge in [0.1, 0.15) is 0 Å². The Hall–Kier alpha value is -4.56. The summed E-state index contributed by atoms with van der Waals surface area (Å²) in [6.07, 6.45) is 0. The van der Waals surface area contributed by atoms with Crippen molar-refractivity contribution in [2.45, 2.75) is 19.3 Å². The van der Waals surface area contributed by atoms with Crippen LogP contribution in [0.1, 0.15) is 25.0 Å². The number of rotatable bonds is 1. The van der Waals surface area contributed by atoms with E-state index in [1.807, 2.05) is 0 Å². The van der Waals surface area contributed by atoms with Crippen LogP contribution >= 0.6 is 0 Å². The monoisotopic (exact) mass is 474 g/mol. The highest BCUT2D eigenvalue weighted by Crippen LogP contribution is 2.63. The topological polar surface area (TPSA) is 6.48 Å². The standard InChI is InChI=1S/C35H26N2/c1-35(2)28-18-10-11-19-29(28)37-31-21-24-13-7-6-12-23(24)20-30(31)36(26-15-4-3-5-16-26)32-22-25-14-8-9-17-27(25)33(35)34(32)37/h3-22H,1-2H3. The molecule has 0 aliphatic carbocycles. The molecular formula is C35H26N2. The van der Waals surface area contributed by atoms with E-state index in [1.165, 1.54) is 66.8 Å². The van der Waals surface area contributed by atoms with E-state index in [1.54, 1.807) is 0 Å². The van der Waals surface area contributed by atoms with Gasteiger partial charge in [0.2, 0.25) is 0 Å². The molecule has 0 spiro atoms. The van der Waals surface area contributed by atoms with Gasteiger partial charge < -0.3 is 9.80 Å². The van der Waals surface area contributed by atoms with Crippen LogP contribution in [-0.2, 0) is 5.41 Å². The van der Waals surface area contributed by atoms with Gasteiger partial charge in [-0.25, -0.2) is 0 Å². The minimum absolute atomic E-state index is 0.158. The Morgan fingerprint density at radius 3 is 1.81 bits per heavy atom. The number of anilines is 6. The maximum atomic E-state index is 2.53. The molecule has 2 nitrogen and oxygen atoms in total. The van der Waals surface area contributed by atoms with E-state index < -0.39 is 0 Å². The molecule has 0 unspecified atom stereocenters. The fourth-order valence-corrected chi connectivity index (χ4v) is 6.61. The van der Waals surface area contributed by atoms with Gasteiger partial charge in [0.15, 0.2) is 0 Å². The normalized spacial score (nSPS) is 14.9. The molecular weight excluding hydrogens is 448 g/mol. The summed E-state index contributed by atoms with van der Waals surface area (Å²) in [6, 6.07) is 44.4. The molecule has 37 heavy (non-hydrogen) atoms. The third-order valence-corrected chi connectivity index (χ3v) is 8.25. The van der Waals surface area contributed by atoms with Gasteiger partial charge in [0, 0.05) is 11.1 Å². The van der Waals surface area contributed by atoms with Crippen LogP contribution < -0.4 is 9.80 Å². The third-order valence-electron chi connectivity index (χ3n) is 8.25. The SMILES string of the molecule is CC1(C)c2ccccc2N2c3cc4ccccc4cc3N(c3ccccc3)c3cc4ccccc4c1c32. The highest BCUT2D eigenvalue weighted by atomic mass is 15.3. The molecule has 2 heteroatoms. The molecule has 2 heterocycles. The van der Waals surface area contributed by atoms with Crippen molar-refractivity contribution >= 4 is 55.7 Å². The number of nitrogens with zero attached hydrogens (tertiary/aromatic N) is 2. The van der Waals surface area contributed by atoms with Gasteiger partial charge in [-0.05, 0) is 69.1 Å². The first-order valence-corrected chi connectivity index (χ1v) is 13.0. The summed E-state index contributed by atoms with van der Waals surface area (Å²) in [5.41, 5.74) is 9.96. The molecule has 8 rings (SSSR count). The Labute approximate surface area is 217 Å². The molecule has 0 N–H and O–H groups in total. The lowest BCUT2D eigenvalue weighted by atomic mass is 9.71. The van der Waals surface area contributed by atoms with Crippen molar-refractivity contribution in [2.75, 3.05) is 9.80 Å². The summed E-state index contributed by atoms with van der Waals surface area (Å²) in [6.45, 7) is 4.77. The zero-order valence-corrected chi connectivity index (χ0v) is 20.9. The predicted molar refractivity (Wildman–Crippen MR) is 157 cm³/mol. The van der Waals surface area contributed by atoms with Crippen molar-refractivity contribution in [3.05, 3.63) is 132 Å². The maximum absolute atomic E-state index is 2.53. The van der Waals surface area contributed by atoms with E-state index in [4.69, 9.17) is 0 Å². The largest absolute Gasteiger partial charge is 0.306 e. The Balaban J connectivity index is 1.60. The van der Waals surface area contributed by atoms with Gasteiger partial charge in [-0.1, -0.05) is 98.8 Å². The van der Waals surface area contributed by atoms with E-state index in [0.717, 1.165) is 0 Å². The van der Waals surface area contributed by atoms with Gasteiger partial charge in [-0.15, -0.1) is 0 Å². The fraction of sp³-hybridized carbons (Fsp3) is 0.0857. The Bertz CT molecular complexity index is 1870. The molecule has 0 amide bonds. The van der Waals surface area contributed by atoms with E-state index in [0.29, 0.717) is 0 Å². The molecule has 0 saturated carbocycles. The van der Waals surface area contributed by atoms with Crippen LogP contribution in [0.3, 0.4) is 0 Å². The smallest absolute Gasteiger partial charge is 0.0750 e. The number of para-hydroxylation sites is 2. The molecule has 6 aromatic rings. The molecule has 176 valence electrons. The molecule has 0 atom stereocenters. The van der Waals surface area contributed by atoms with Crippen LogP contribution in [0.4, 0.5) is 34.1 Å². The van der Waals surface area contributed by atoms with Crippen LogP contribution in [0.15, 0.2) is 121 Å². The lowest BCUT2D eigenvalue weighted by Gasteiger charge is -2.49. The van der Waals surface area contributed by atoms with Crippen LogP contribution in [0, 0.1) is 0 Å². The Kier molecular flexibility index (Phi) is 4.03. The quantitative estimate of drug-likeness (QED) is 0.234. The molecule has 0 radical (unpaired) electrons. The summed E-state index contributed by atoms with van der Waals surface area (Å²) in [5, 5.41) is 5.09. The van der Waals surface area contributed by atoms with Gasteiger partial charge in [0.05, 0.1) is 28.4 Å². The van der Waals surface area contributed by atoms with Gasteiger partial charge >= 0.3 is 0 Å². The first-order valence-electron chi connectivity index (χ1n) is 13.0. The fourth-order valence-electron chi connectivity index (χ4n) is 6.61. The Morgan fingerprint density at radius 2 is 1.05 bits per heavy atom. The van der Waals surface area contributed by atoms with Crippen molar-refractivity contribution in [3.63, 3.8) is 0 Å². The zero-order valence-electron chi connectivity index (χ0n) is 20.9. The summed E-state index contributed by atoms with van der Waals surface area (Å²) in [4.78, 5) is 4.99. The second-order valence-corrected chi connectivity index (χ2v) is 10.7. The average Bonchev–Trinajstić information content (AvgIpc) is 2.94. The number of benzene rings is 6. The number of fused-ring (bicyclic) bond motifs is 7. The van der Waals surface area contributed by atoms with Crippen molar-refractivity contribution < 1.29 is 0 Å². The highest BCUT2D eigenvalue weighted by Gasteiger charge is 2.43. The van der Waals surface area contributed by atoms with Crippen LogP contribution in [-0.4, -0.2) is 0 Å². The molecule has 2 aliphatic rings. The Morgan fingerprint density at radius 1 is 0.486 bits per heavy atom. The molecule has 2 aliphatic heterocycles. The summed E-state index contributed by atoms with van der Waals surface area (Å²) in [5.74, 6) is 0. The third kappa shape index (κ3) is 2.70. The van der Waals surface area contributed by atoms with E-state index in [-0.39, 0.29) is 5.41 Å². The highest BCUT2D eigenvalue weighted by molar-refractivity contribution is 6.12. The molecule has 0 saturated heterocycles. The van der Waals surface area contributed by atoms with Crippen molar-refractivity contribution in [1.82, 2.24) is 0 Å². The maximum Gasteiger partial charge on any atom is 0.0750 e. The van der Waals surface area contributed by atoms with Crippen LogP contribution in [0.5, 0.6) is 0 Å². The minimum Gasteiger partial charge on any atom is -0.306 e. The predicted octanol–water partition coefficient (Wildman–Crippen LogP) is 9.89. The van der Waals surface area contributed by atoms with Crippen LogP contribution in [0.25, 0.3) is 21.5 Å². The van der Waals surface area contributed by atoms with Crippen molar-refractivity contribution in [2.24, 2.45) is 0 Å². The summed E-state index contributed by atoms with van der Waals surface area (Å²) in [7, 11) is 0. The second kappa shape index (κ2) is 7.24. The van der Waals surface area contributed by atoms with E-state index in [9.17, 15) is 0 Å². The molecule has 0 fully saturated rings. The van der Waals surface area contributed by atoms with Gasteiger partial charge in [0.25, 0.3) is 0 Å². The first kappa shape index (κ1) is 20.6. The molecule has 0 aromatic heterocycles. The molecule has 0 bridgehead atoms. The first-order chi connectivity index (χ1) is 18.1. The number of hydrogen-bond acceptors (Lipinski definition) is 2. The zero-order chi connectivity index (χ0) is 24.7. The molecule has 6 aromatic carbocycles. The van der Waals surface area contributed by atoms with Gasteiger partial charge in [-0.3, -0.25) is 0 Å². The van der Waals surface area contributed by atoms with Crippen LogP contribution in [0.2, 0.25) is 0 Å². The van der Waals surface area contributed by atoms with E-state index in [2.05, 4.69) is 145 Å². The van der Waals surface area contributed by atoms with E-state index >= 15 is 0 Å². The average molecular weight is 475 g/mol. The van der Waals surface area contributed by atoms with Crippen molar-refractivity contribution in [3.8, 4) is 0 Å². The summed E-state index contributed by atoms with van der Waals surface area (Å²) < 4.78 is 0. The number of hydrogen-bond donors (Lipinski definition) is 0. The second-order valence-electron chi connectivity index (χ2n) is 10.7.